The molecule has 0 saturated carbocycles. The van der Waals surface area contributed by atoms with Crippen molar-refractivity contribution in [2.24, 2.45) is 5.10 Å². The van der Waals surface area contributed by atoms with E-state index in [1.807, 2.05) is 42.1 Å². The molecule has 26 heavy (non-hydrogen) atoms. The van der Waals surface area contributed by atoms with E-state index in [1.54, 1.807) is 6.20 Å². The summed E-state index contributed by atoms with van der Waals surface area (Å²) in [6, 6.07) is 8.07. The van der Waals surface area contributed by atoms with Crippen molar-refractivity contribution in [2.45, 2.75) is 53.0 Å². The number of amides is 1. The van der Waals surface area contributed by atoms with Gasteiger partial charge in [0.15, 0.2) is 6.61 Å². The number of hydrogen-bond acceptors (Lipinski definition) is 4. The van der Waals surface area contributed by atoms with Crippen LogP contribution in [-0.4, -0.2) is 28.0 Å². The lowest BCUT2D eigenvalue weighted by atomic mass is 9.87. The van der Waals surface area contributed by atoms with Crippen molar-refractivity contribution in [3.8, 4) is 5.75 Å². The van der Waals surface area contributed by atoms with Crippen LogP contribution in [-0.2, 0) is 10.2 Å². The smallest absolute Gasteiger partial charge is 0.277 e. The topological polar surface area (TPSA) is 68.5 Å². The number of aromatic nitrogens is 2. The standard InChI is InChI=1S/C20H28N4O2/c1-14(2)24-12-16(11-21-24)15(3)22-23-19(25)13-26-18-9-7-17(8-10-18)20(4,5)6/h7-12,14H,13H2,1-6H3,(H,23,25). The molecule has 0 atom stereocenters. The predicted octanol–water partition coefficient (Wildman–Crippen LogP) is 3.68. The molecule has 1 amide bonds. The van der Waals surface area contributed by atoms with Crippen LogP contribution < -0.4 is 10.2 Å². The maximum absolute atomic E-state index is 11.9. The number of hydrogen-bond donors (Lipinski definition) is 1. The lowest BCUT2D eigenvalue weighted by Crippen LogP contribution is -2.25. The fourth-order valence-corrected chi connectivity index (χ4v) is 2.25. The number of ether oxygens (including phenoxy) is 1. The van der Waals surface area contributed by atoms with Crippen molar-refractivity contribution in [1.82, 2.24) is 15.2 Å². The molecule has 1 heterocycles. The first kappa shape index (κ1) is 19.7. The molecule has 140 valence electrons. The van der Waals surface area contributed by atoms with E-state index >= 15 is 0 Å². The van der Waals surface area contributed by atoms with Gasteiger partial charge in [-0.15, -0.1) is 0 Å². The molecule has 0 aliphatic heterocycles. The van der Waals surface area contributed by atoms with E-state index in [1.165, 1.54) is 5.56 Å². The van der Waals surface area contributed by atoms with Crippen molar-refractivity contribution >= 4 is 11.6 Å². The molecular weight excluding hydrogens is 328 g/mol. The Labute approximate surface area is 155 Å². The van der Waals surface area contributed by atoms with E-state index in [9.17, 15) is 4.79 Å². The summed E-state index contributed by atoms with van der Waals surface area (Å²) in [7, 11) is 0. The van der Waals surface area contributed by atoms with Crippen LogP contribution in [0.1, 0.15) is 58.7 Å². The van der Waals surface area contributed by atoms with E-state index in [2.05, 4.69) is 50.2 Å². The fourth-order valence-electron chi connectivity index (χ4n) is 2.25. The molecule has 1 N–H and O–H groups in total. The van der Waals surface area contributed by atoms with Crippen LogP contribution in [0.4, 0.5) is 0 Å². The maximum Gasteiger partial charge on any atom is 0.277 e. The summed E-state index contributed by atoms with van der Waals surface area (Å²) in [5, 5.41) is 8.37. The number of hydrazone groups is 1. The van der Waals surface area contributed by atoms with Gasteiger partial charge in [-0.05, 0) is 43.9 Å². The SMILES string of the molecule is CC(=NNC(=O)COc1ccc(C(C)(C)C)cc1)c1cnn(C(C)C)c1. The van der Waals surface area contributed by atoms with E-state index in [0.717, 1.165) is 5.56 Å². The van der Waals surface area contributed by atoms with Crippen LogP contribution in [0.15, 0.2) is 41.8 Å². The van der Waals surface area contributed by atoms with Gasteiger partial charge in [-0.1, -0.05) is 32.9 Å². The third-order valence-corrected chi connectivity index (χ3v) is 3.99. The quantitative estimate of drug-likeness (QED) is 0.634. The van der Waals surface area contributed by atoms with Gasteiger partial charge in [-0.25, -0.2) is 5.43 Å². The second-order valence-electron chi connectivity index (χ2n) is 7.60. The van der Waals surface area contributed by atoms with Gasteiger partial charge >= 0.3 is 0 Å². The molecule has 1 aromatic heterocycles. The molecule has 1 aromatic carbocycles. The first-order valence-corrected chi connectivity index (χ1v) is 8.78. The van der Waals surface area contributed by atoms with Gasteiger partial charge in [0.25, 0.3) is 5.91 Å². The Hall–Kier alpha value is -2.63. The number of carbonyl (C=O) groups is 1. The molecule has 2 aromatic rings. The number of nitrogens with one attached hydrogen (secondary N) is 1. The highest BCUT2D eigenvalue weighted by Crippen LogP contribution is 2.24. The highest BCUT2D eigenvalue weighted by molar-refractivity contribution is 5.98. The Bertz CT molecular complexity index is 768. The highest BCUT2D eigenvalue weighted by Gasteiger charge is 2.13. The molecule has 0 fully saturated rings. The Kier molecular flexibility index (Phi) is 6.18. The Morgan fingerprint density at radius 1 is 1.27 bits per heavy atom. The minimum atomic E-state index is -0.305. The molecule has 0 bridgehead atoms. The lowest BCUT2D eigenvalue weighted by Gasteiger charge is -2.19. The Morgan fingerprint density at radius 3 is 2.46 bits per heavy atom. The Morgan fingerprint density at radius 2 is 1.92 bits per heavy atom. The minimum absolute atomic E-state index is 0.0864. The van der Waals surface area contributed by atoms with Crippen LogP contribution in [0.2, 0.25) is 0 Å². The van der Waals surface area contributed by atoms with Crippen LogP contribution in [0.25, 0.3) is 0 Å². The molecule has 2 rings (SSSR count). The third-order valence-electron chi connectivity index (χ3n) is 3.99. The first-order chi connectivity index (χ1) is 12.2. The van der Waals surface area contributed by atoms with Gasteiger partial charge < -0.3 is 4.74 Å². The molecule has 6 heteroatoms. The van der Waals surface area contributed by atoms with Gasteiger partial charge in [0.1, 0.15) is 5.75 Å². The van der Waals surface area contributed by atoms with Crippen molar-refractivity contribution < 1.29 is 9.53 Å². The number of carbonyl (C=O) groups excluding carboxylic acids is 1. The van der Waals surface area contributed by atoms with Crippen molar-refractivity contribution in [3.05, 3.63) is 47.8 Å². The van der Waals surface area contributed by atoms with Crippen molar-refractivity contribution in [3.63, 3.8) is 0 Å². The summed E-state index contributed by atoms with van der Waals surface area (Å²) in [4.78, 5) is 11.9. The van der Waals surface area contributed by atoms with E-state index in [4.69, 9.17) is 4.74 Å². The van der Waals surface area contributed by atoms with Crippen molar-refractivity contribution in [1.29, 1.82) is 0 Å². The lowest BCUT2D eigenvalue weighted by molar-refractivity contribution is -0.123. The predicted molar refractivity (Wildman–Crippen MR) is 104 cm³/mol. The van der Waals surface area contributed by atoms with Gasteiger partial charge in [-0.3, -0.25) is 9.48 Å². The molecular formula is C20H28N4O2. The molecule has 0 aliphatic carbocycles. The van der Waals surface area contributed by atoms with E-state index in [0.29, 0.717) is 11.5 Å². The molecule has 0 saturated heterocycles. The highest BCUT2D eigenvalue weighted by atomic mass is 16.5. The zero-order valence-corrected chi connectivity index (χ0v) is 16.4. The minimum Gasteiger partial charge on any atom is -0.484 e. The molecule has 6 nitrogen and oxygen atoms in total. The molecule has 0 aliphatic rings. The zero-order chi connectivity index (χ0) is 19.3. The average Bonchev–Trinajstić information content (AvgIpc) is 3.08. The van der Waals surface area contributed by atoms with Gasteiger partial charge in [0.2, 0.25) is 0 Å². The maximum atomic E-state index is 11.9. The number of benzene rings is 1. The average molecular weight is 356 g/mol. The number of nitrogens with zero attached hydrogens (tertiary/aromatic N) is 3. The second kappa shape index (κ2) is 8.17. The third kappa shape index (κ3) is 5.44. The van der Waals surface area contributed by atoms with E-state index < -0.39 is 0 Å². The summed E-state index contributed by atoms with van der Waals surface area (Å²) in [6.07, 6.45) is 3.64. The fraction of sp³-hybridized carbons (Fsp3) is 0.450. The normalized spacial score (nSPS) is 12.3. The van der Waals surface area contributed by atoms with Crippen molar-refractivity contribution in [2.75, 3.05) is 6.61 Å². The zero-order valence-electron chi connectivity index (χ0n) is 16.4. The largest absolute Gasteiger partial charge is 0.484 e. The van der Waals surface area contributed by atoms with E-state index in [-0.39, 0.29) is 24.0 Å². The Balaban J connectivity index is 1.86. The summed E-state index contributed by atoms with van der Waals surface area (Å²) >= 11 is 0. The summed E-state index contributed by atoms with van der Waals surface area (Å²) < 4.78 is 7.36. The monoisotopic (exact) mass is 356 g/mol. The van der Waals surface area contributed by atoms with Crippen LogP contribution in [0.5, 0.6) is 5.75 Å². The summed E-state index contributed by atoms with van der Waals surface area (Å²) in [5.74, 6) is 0.354. The molecule has 0 spiro atoms. The summed E-state index contributed by atoms with van der Waals surface area (Å²) in [6.45, 7) is 12.3. The van der Waals surface area contributed by atoms with Crippen LogP contribution >= 0.6 is 0 Å². The van der Waals surface area contributed by atoms with Crippen LogP contribution in [0, 0.1) is 0 Å². The van der Waals surface area contributed by atoms with Gasteiger partial charge in [-0.2, -0.15) is 10.2 Å². The molecule has 0 radical (unpaired) electrons. The summed E-state index contributed by atoms with van der Waals surface area (Å²) in [5.41, 5.74) is 5.39. The first-order valence-electron chi connectivity index (χ1n) is 8.78. The second-order valence-corrected chi connectivity index (χ2v) is 7.60. The van der Waals surface area contributed by atoms with Gasteiger partial charge in [0, 0.05) is 17.8 Å². The molecule has 0 unspecified atom stereocenters. The van der Waals surface area contributed by atoms with Crippen LogP contribution in [0.3, 0.4) is 0 Å². The number of rotatable bonds is 6. The van der Waals surface area contributed by atoms with Gasteiger partial charge in [0.05, 0.1) is 11.9 Å².